The van der Waals surface area contributed by atoms with Gasteiger partial charge in [0.1, 0.15) is 0 Å². The molecule has 3 rings (SSSR count). The van der Waals surface area contributed by atoms with E-state index in [9.17, 15) is 4.79 Å². The van der Waals surface area contributed by atoms with Gasteiger partial charge < -0.3 is 4.90 Å². The van der Waals surface area contributed by atoms with Crippen molar-refractivity contribution in [3.63, 3.8) is 0 Å². The first kappa shape index (κ1) is 20.9. The van der Waals surface area contributed by atoms with Crippen LogP contribution in [0.3, 0.4) is 0 Å². The maximum Gasteiger partial charge on any atom is 0.223 e. The third-order valence-electron chi connectivity index (χ3n) is 5.85. The Kier molecular flexibility index (Phi) is 7.24. The summed E-state index contributed by atoms with van der Waals surface area (Å²) in [6, 6.07) is 31.1. The van der Waals surface area contributed by atoms with Crippen molar-refractivity contribution in [1.29, 1.82) is 0 Å². The zero-order chi connectivity index (χ0) is 20.6. The molecule has 0 saturated heterocycles. The number of carbonyl (C=O) groups excluding carboxylic acids is 1. The number of carbonyl (C=O) groups is 1. The Labute approximate surface area is 175 Å². The molecule has 0 unspecified atom stereocenters. The van der Waals surface area contributed by atoms with Crippen molar-refractivity contribution < 1.29 is 4.79 Å². The largest absolute Gasteiger partial charge is 0.329 e. The second kappa shape index (κ2) is 10.1. The molecule has 0 aliphatic carbocycles. The molecular weight excluding hydrogens is 354 g/mol. The van der Waals surface area contributed by atoms with Crippen molar-refractivity contribution in [3.8, 4) is 0 Å². The molecule has 0 aliphatic rings. The van der Waals surface area contributed by atoms with Crippen LogP contribution in [0, 0.1) is 0 Å². The minimum Gasteiger partial charge on any atom is -0.329 e. The summed E-state index contributed by atoms with van der Waals surface area (Å²) in [7, 11) is 0. The molecule has 2 heteroatoms. The summed E-state index contributed by atoms with van der Waals surface area (Å²) in [6.07, 6.45) is 1.40. The van der Waals surface area contributed by atoms with E-state index in [1.807, 2.05) is 42.5 Å². The van der Waals surface area contributed by atoms with Gasteiger partial charge in [0.2, 0.25) is 5.91 Å². The van der Waals surface area contributed by atoms with Gasteiger partial charge >= 0.3 is 0 Å². The molecule has 0 N–H and O–H groups in total. The average molecular weight is 386 g/mol. The predicted octanol–water partition coefficient (Wildman–Crippen LogP) is 6.92. The van der Waals surface area contributed by atoms with Crippen molar-refractivity contribution in [2.75, 3.05) is 0 Å². The van der Waals surface area contributed by atoms with Crippen molar-refractivity contribution in [1.82, 2.24) is 4.90 Å². The van der Waals surface area contributed by atoms with E-state index in [-0.39, 0.29) is 18.0 Å². The highest BCUT2D eigenvalue weighted by Gasteiger charge is 2.27. The Morgan fingerprint density at radius 3 is 1.45 bits per heavy atom. The van der Waals surface area contributed by atoms with Crippen molar-refractivity contribution >= 4 is 5.91 Å². The van der Waals surface area contributed by atoms with E-state index >= 15 is 0 Å². The minimum absolute atomic E-state index is 0.0194. The Hall–Kier alpha value is -2.87. The molecule has 0 aliphatic heterocycles. The van der Waals surface area contributed by atoms with E-state index in [2.05, 4.69) is 74.2 Å². The molecule has 0 spiro atoms. The van der Waals surface area contributed by atoms with Gasteiger partial charge in [0.25, 0.3) is 0 Å². The zero-order valence-electron chi connectivity index (χ0n) is 17.7. The molecule has 3 atom stereocenters. The number of nitrogens with zero attached hydrogens (tertiary/aromatic N) is 1. The number of benzene rings is 3. The number of amides is 1. The fraction of sp³-hybridized carbons (Fsp3) is 0.296. The smallest absolute Gasteiger partial charge is 0.223 e. The van der Waals surface area contributed by atoms with E-state index in [0.717, 1.165) is 6.42 Å². The molecule has 0 bridgehead atoms. The highest BCUT2D eigenvalue weighted by atomic mass is 16.2. The quantitative estimate of drug-likeness (QED) is 0.412. The van der Waals surface area contributed by atoms with Gasteiger partial charge in [-0.1, -0.05) is 97.9 Å². The summed E-state index contributed by atoms with van der Waals surface area (Å²) >= 11 is 0. The lowest BCUT2D eigenvalue weighted by atomic mass is 9.95. The summed E-state index contributed by atoms with van der Waals surface area (Å²) in [4.78, 5) is 15.5. The highest BCUT2D eigenvalue weighted by molar-refractivity contribution is 5.77. The Morgan fingerprint density at radius 2 is 1.03 bits per heavy atom. The zero-order valence-corrected chi connectivity index (χ0v) is 17.7. The molecule has 0 aromatic heterocycles. The van der Waals surface area contributed by atoms with E-state index in [1.54, 1.807) is 0 Å². The van der Waals surface area contributed by atoms with E-state index < -0.39 is 0 Å². The van der Waals surface area contributed by atoms with Gasteiger partial charge in [-0.05, 0) is 42.9 Å². The minimum atomic E-state index is 0.0194. The molecule has 3 aromatic rings. The normalized spacial score (nSPS) is 14.0. The van der Waals surface area contributed by atoms with Crippen LogP contribution < -0.4 is 0 Å². The number of rotatable bonds is 8. The molecular formula is C27H31NO. The second-order valence-electron chi connectivity index (χ2n) is 7.82. The average Bonchev–Trinajstić information content (AvgIpc) is 2.79. The van der Waals surface area contributed by atoms with Gasteiger partial charge in [-0.15, -0.1) is 0 Å². The van der Waals surface area contributed by atoms with Crippen LogP contribution in [0.1, 0.15) is 68.3 Å². The van der Waals surface area contributed by atoms with Crippen molar-refractivity contribution in [3.05, 3.63) is 108 Å². The molecule has 0 radical (unpaired) electrons. The third-order valence-corrected chi connectivity index (χ3v) is 5.85. The predicted molar refractivity (Wildman–Crippen MR) is 121 cm³/mol. The Bertz CT molecular complexity index is 831. The summed E-state index contributed by atoms with van der Waals surface area (Å²) in [5.74, 6) is 0.571. The highest BCUT2D eigenvalue weighted by Crippen LogP contribution is 2.32. The van der Waals surface area contributed by atoms with E-state index in [1.165, 1.54) is 16.7 Å². The van der Waals surface area contributed by atoms with Gasteiger partial charge in [-0.2, -0.15) is 0 Å². The Balaban J connectivity index is 1.79. The maximum absolute atomic E-state index is 13.4. The molecule has 1 amide bonds. The van der Waals surface area contributed by atoms with E-state index in [0.29, 0.717) is 12.3 Å². The molecule has 0 heterocycles. The lowest BCUT2D eigenvalue weighted by Crippen LogP contribution is -2.36. The monoisotopic (exact) mass is 385 g/mol. The van der Waals surface area contributed by atoms with Crippen LogP contribution >= 0.6 is 0 Å². The van der Waals surface area contributed by atoms with Crippen molar-refractivity contribution in [2.45, 2.75) is 51.6 Å². The van der Waals surface area contributed by atoms with Gasteiger partial charge in [0.05, 0.1) is 12.1 Å². The molecule has 0 fully saturated rings. The topological polar surface area (TPSA) is 20.3 Å². The van der Waals surface area contributed by atoms with Crippen LogP contribution in [0.25, 0.3) is 0 Å². The molecule has 150 valence electrons. The molecule has 0 saturated carbocycles. The number of hydrogen-bond donors (Lipinski definition) is 0. The molecule has 29 heavy (non-hydrogen) atoms. The summed E-state index contributed by atoms with van der Waals surface area (Å²) < 4.78 is 0. The van der Waals surface area contributed by atoms with Crippen LogP contribution in [0.4, 0.5) is 0 Å². The third kappa shape index (κ3) is 5.35. The van der Waals surface area contributed by atoms with Crippen molar-refractivity contribution in [2.24, 2.45) is 0 Å². The van der Waals surface area contributed by atoms with Gasteiger partial charge in [-0.25, -0.2) is 0 Å². The van der Waals surface area contributed by atoms with Crippen LogP contribution in [0.15, 0.2) is 91.0 Å². The van der Waals surface area contributed by atoms with Crippen LogP contribution in [-0.4, -0.2) is 10.8 Å². The fourth-order valence-corrected chi connectivity index (χ4v) is 3.97. The van der Waals surface area contributed by atoms with Crippen LogP contribution in [0.2, 0.25) is 0 Å². The van der Waals surface area contributed by atoms with Crippen LogP contribution in [-0.2, 0) is 4.79 Å². The first-order valence-corrected chi connectivity index (χ1v) is 10.5. The maximum atomic E-state index is 13.4. The summed E-state index contributed by atoms with van der Waals surface area (Å²) in [5, 5.41) is 0. The SMILES string of the molecule is C[C@H](c1ccccc1)N(C(=O)CC[C@H](C)c1ccccc1)[C@H](C)c1ccccc1. The number of hydrogen-bond acceptors (Lipinski definition) is 1. The lowest BCUT2D eigenvalue weighted by Gasteiger charge is -2.36. The van der Waals surface area contributed by atoms with E-state index in [4.69, 9.17) is 0 Å². The van der Waals surface area contributed by atoms with Gasteiger partial charge in [0, 0.05) is 6.42 Å². The fourth-order valence-electron chi connectivity index (χ4n) is 3.97. The Morgan fingerprint density at radius 1 is 0.655 bits per heavy atom. The standard InChI is InChI=1S/C27H31NO/c1-21(24-13-7-4-8-14-24)19-20-27(29)28(22(2)25-15-9-5-10-16-25)23(3)26-17-11-6-12-18-26/h4-18,21-23H,19-20H2,1-3H3/t21-,22+,23+/m0/s1. The first-order valence-electron chi connectivity index (χ1n) is 10.5. The van der Waals surface area contributed by atoms with Gasteiger partial charge in [-0.3, -0.25) is 4.79 Å². The molecule has 3 aromatic carbocycles. The lowest BCUT2D eigenvalue weighted by molar-refractivity contribution is -0.136. The summed E-state index contributed by atoms with van der Waals surface area (Å²) in [6.45, 7) is 6.47. The second-order valence-corrected chi connectivity index (χ2v) is 7.82. The molecule has 2 nitrogen and oxygen atoms in total. The summed E-state index contributed by atoms with van der Waals surface area (Å²) in [5.41, 5.74) is 3.62. The van der Waals surface area contributed by atoms with Gasteiger partial charge in [0.15, 0.2) is 0 Å². The first-order chi connectivity index (χ1) is 14.1. The van der Waals surface area contributed by atoms with Crippen LogP contribution in [0.5, 0.6) is 0 Å².